The highest BCUT2D eigenvalue weighted by Crippen LogP contribution is 2.01. The first kappa shape index (κ1) is 15.2. The Morgan fingerprint density at radius 2 is 2.07 bits per heavy atom. The van der Waals surface area contributed by atoms with Gasteiger partial charge >= 0.3 is 0 Å². The molecule has 92 valence electrons. The molecule has 0 heterocycles. The van der Waals surface area contributed by atoms with E-state index in [1.165, 1.54) is 0 Å². The maximum atomic E-state index is 11.5. The summed E-state index contributed by atoms with van der Waals surface area (Å²) in [4.78, 5) is 0. The first-order chi connectivity index (χ1) is 7.02. The number of hydrogen-bond donors (Lipinski definition) is 1. The SMILES string of the molecule is COCCCS(=O)(=O)NC(C)CCCCl. The number of alkyl halides is 1. The second kappa shape index (κ2) is 8.33. The Morgan fingerprint density at radius 1 is 1.40 bits per heavy atom. The van der Waals surface area contributed by atoms with E-state index in [4.69, 9.17) is 16.3 Å². The fourth-order valence-electron chi connectivity index (χ4n) is 1.20. The molecule has 0 radical (unpaired) electrons. The van der Waals surface area contributed by atoms with Crippen LogP contribution in [0.1, 0.15) is 26.2 Å². The van der Waals surface area contributed by atoms with Crippen LogP contribution >= 0.6 is 11.6 Å². The van der Waals surface area contributed by atoms with E-state index in [9.17, 15) is 8.42 Å². The van der Waals surface area contributed by atoms with Gasteiger partial charge in [0.25, 0.3) is 0 Å². The van der Waals surface area contributed by atoms with Gasteiger partial charge in [-0.3, -0.25) is 0 Å². The Labute approximate surface area is 97.4 Å². The molecule has 0 aromatic rings. The molecule has 0 aliphatic rings. The zero-order valence-corrected chi connectivity index (χ0v) is 10.9. The predicted octanol–water partition coefficient (Wildman–Crippen LogP) is 1.35. The summed E-state index contributed by atoms with van der Waals surface area (Å²) in [7, 11) is -1.60. The summed E-state index contributed by atoms with van der Waals surface area (Å²) in [6.45, 7) is 2.32. The van der Waals surface area contributed by atoms with Gasteiger partial charge in [-0.2, -0.15) is 0 Å². The standard InChI is InChI=1S/C9H20ClNO3S/c1-9(5-3-6-10)11-15(12,13)8-4-7-14-2/h9,11H,3-8H2,1-2H3. The summed E-state index contributed by atoms with van der Waals surface area (Å²) in [6, 6.07) is -0.0451. The molecule has 1 N–H and O–H groups in total. The molecule has 0 amide bonds. The second-order valence-corrected chi connectivity index (χ2v) is 5.77. The number of halogens is 1. The van der Waals surface area contributed by atoms with Crippen LogP contribution in [0.25, 0.3) is 0 Å². The second-order valence-electron chi connectivity index (χ2n) is 3.52. The summed E-state index contributed by atoms with van der Waals surface area (Å²) in [6.07, 6.45) is 2.12. The van der Waals surface area contributed by atoms with Crippen molar-refractivity contribution in [2.45, 2.75) is 32.2 Å². The van der Waals surface area contributed by atoms with Crippen LogP contribution in [0.3, 0.4) is 0 Å². The number of hydrogen-bond acceptors (Lipinski definition) is 3. The minimum Gasteiger partial charge on any atom is -0.385 e. The van der Waals surface area contributed by atoms with Gasteiger partial charge in [0.2, 0.25) is 10.0 Å². The third-order valence-electron chi connectivity index (χ3n) is 1.91. The van der Waals surface area contributed by atoms with Gasteiger partial charge < -0.3 is 4.74 Å². The molecule has 0 rings (SSSR count). The van der Waals surface area contributed by atoms with Crippen molar-refractivity contribution in [3.8, 4) is 0 Å². The van der Waals surface area contributed by atoms with Crippen molar-refractivity contribution in [1.29, 1.82) is 0 Å². The zero-order valence-electron chi connectivity index (χ0n) is 9.33. The van der Waals surface area contributed by atoms with Crippen molar-refractivity contribution in [1.82, 2.24) is 4.72 Å². The van der Waals surface area contributed by atoms with Gasteiger partial charge in [0.15, 0.2) is 0 Å². The van der Waals surface area contributed by atoms with Gasteiger partial charge in [-0.05, 0) is 26.2 Å². The van der Waals surface area contributed by atoms with Gasteiger partial charge in [0.05, 0.1) is 5.75 Å². The smallest absolute Gasteiger partial charge is 0.211 e. The van der Waals surface area contributed by atoms with Gasteiger partial charge in [-0.25, -0.2) is 13.1 Å². The van der Waals surface area contributed by atoms with E-state index < -0.39 is 10.0 Å². The van der Waals surface area contributed by atoms with Crippen molar-refractivity contribution in [3.05, 3.63) is 0 Å². The molecule has 0 fully saturated rings. The Hall–Kier alpha value is 0.160. The quantitative estimate of drug-likeness (QED) is 0.501. The van der Waals surface area contributed by atoms with Gasteiger partial charge in [0, 0.05) is 25.6 Å². The third-order valence-corrected chi connectivity index (χ3v) is 3.77. The number of sulfonamides is 1. The van der Waals surface area contributed by atoms with Crippen LogP contribution in [0, 0.1) is 0 Å². The molecule has 1 atom stereocenters. The van der Waals surface area contributed by atoms with Gasteiger partial charge in [-0.15, -0.1) is 11.6 Å². The fourth-order valence-corrected chi connectivity index (χ4v) is 2.70. The largest absolute Gasteiger partial charge is 0.385 e. The van der Waals surface area contributed by atoms with E-state index >= 15 is 0 Å². The van der Waals surface area contributed by atoms with Crippen LogP contribution in [0.5, 0.6) is 0 Å². The minimum absolute atomic E-state index is 0.0451. The molecule has 0 aromatic heterocycles. The molecule has 0 bridgehead atoms. The number of ether oxygens (including phenoxy) is 1. The normalized spacial score (nSPS) is 14.1. The van der Waals surface area contributed by atoms with Crippen molar-refractivity contribution >= 4 is 21.6 Å². The number of rotatable bonds is 9. The van der Waals surface area contributed by atoms with E-state index in [1.54, 1.807) is 7.11 Å². The highest BCUT2D eigenvalue weighted by Gasteiger charge is 2.13. The first-order valence-electron chi connectivity index (χ1n) is 5.06. The zero-order chi connectivity index (χ0) is 11.7. The van der Waals surface area contributed by atoms with Crippen LogP contribution in [-0.4, -0.2) is 39.8 Å². The topological polar surface area (TPSA) is 55.4 Å². The van der Waals surface area contributed by atoms with E-state index in [0.717, 1.165) is 12.8 Å². The Balaban J connectivity index is 3.81. The van der Waals surface area contributed by atoms with E-state index in [-0.39, 0.29) is 11.8 Å². The Morgan fingerprint density at radius 3 is 2.60 bits per heavy atom. The molecular formula is C9H20ClNO3S. The number of nitrogens with one attached hydrogen (secondary N) is 1. The van der Waals surface area contributed by atoms with Crippen molar-refractivity contribution in [2.75, 3.05) is 25.3 Å². The summed E-state index contributed by atoms with van der Waals surface area (Å²) in [5.41, 5.74) is 0. The lowest BCUT2D eigenvalue weighted by atomic mass is 10.2. The van der Waals surface area contributed by atoms with E-state index in [1.807, 2.05) is 6.92 Å². The highest BCUT2D eigenvalue weighted by molar-refractivity contribution is 7.89. The molecule has 4 nitrogen and oxygen atoms in total. The summed E-state index contributed by atoms with van der Waals surface area (Å²) in [5.74, 6) is 0.682. The minimum atomic E-state index is -3.16. The monoisotopic (exact) mass is 257 g/mol. The molecular weight excluding hydrogens is 238 g/mol. The molecule has 0 aliphatic heterocycles. The fraction of sp³-hybridized carbons (Fsp3) is 1.00. The van der Waals surface area contributed by atoms with Crippen LogP contribution in [0.15, 0.2) is 0 Å². The summed E-state index contributed by atoms with van der Waals surface area (Å²) in [5, 5.41) is 0. The Kier molecular flexibility index (Phi) is 8.42. The third kappa shape index (κ3) is 9.11. The molecule has 0 aliphatic carbocycles. The number of methoxy groups -OCH3 is 1. The molecule has 0 spiro atoms. The molecule has 0 saturated heterocycles. The lowest BCUT2D eigenvalue weighted by Crippen LogP contribution is -2.34. The van der Waals surface area contributed by atoms with Crippen molar-refractivity contribution in [2.24, 2.45) is 0 Å². The van der Waals surface area contributed by atoms with Gasteiger partial charge in [-0.1, -0.05) is 0 Å². The average Bonchev–Trinajstić information content (AvgIpc) is 2.14. The summed E-state index contributed by atoms with van der Waals surface area (Å²) >= 11 is 5.53. The molecule has 1 unspecified atom stereocenters. The average molecular weight is 258 g/mol. The lowest BCUT2D eigenvalue weighted by molar-refractivity contribution is 0.199. The Bertz CT molecular complexity index is 244. The van der Waals surface area contributed by atoms with Crippen molar-refractivity contribution < 1.29 is 13.2 Å². The molecule has 6 heteroatoms. The summed E-state index contributed by atoms with van der Waals surface area (Å²) < 4.78 is 30.4. The van der Waals surface area contributed by atoms with Crippen molar-refractivity contribution in [3.63, 3.8) is 0 Å². The van der Waals surface area contributed by atoms with E-state index in [2.05, 4.69) is 4.72 Å². The molecule has 0 saturated carbocycles. The van der Waals surface area contributed by atoms with Crippen LogP contribution in [0.2, 0.25) is 0 Å². The molecule has 15 heavy (non-hydrogen) atoms. The first-order valence-corrected chi connectivity index (χ1v) is 7.25. The van der Waals surface area contributed by atoms with Crippen LogP contribution in [0.4, 0.5) is 0 Å². The van der Waals surface area contributed by atoms with Gasteiger partial charge in [0.1, 0.15) is 0 Å². The lowest BCUT2D eigenvalue weighted by Gasteiger charge is -2.13. The molecule has 0 aromatic carbocycles. The predicted molar refractivity (Wildman–Crippen MR) is 62.8 cm³/mol. The highest BCUT2D eigenvalue weighted by atomic mass is 35.5. The maximum absolute atomic E-state index is 11.5. The van der Waals surface area contributed by atoms with Crippen LogP contribution in [-0.2, 0) is 14.8 Å². The van der Waals surface area contributed by atoms with Crippen LogP contribution < -0.4 is 4.72 Å². The van der Waals surface area contributed by atoms with E-state index in [0.29, 0.717) is 18.9 Å². The maximum Gasteiger partial charge on any atom is 0.211 e.